The molecule has 0 spiro atoms. The molecule has 2 N–H and O–H groups in total. The van der Waals surface area contributed by atoms with Gasteiger partial charge in [0.2, 0.25) is 0 Å². The molecule has 0 saturated carbocycles. The second kappa shape index (κ2) is 8.66. The molecule has 0 aliphatic carbocycles. The molecule has 0 amide bonds. The summed E-state index contributed by atoms with van der Waals surface area (Å²) < 4.78 is 23.6. The number of para-hydroxylation sites is 1. The first-order valence-electron chi connectivity index (χ1n) is 7.92. The predicted molar refractivity (Wildman–Crippen MR) is 91.8 cm³/mol. The molecule has 0 aromatic heterocycles. The quantitative estimate of drug-likeness (QED) is 0.777. The maximum Gasteiger partial charge on any atom is 0.165 e. The fourth-order valence-corrected chi connectivity index (χ4v) is 2.62. The number of halogens is 1. The van der Waals surface area contributed by atoms with Crippen LogP contribution >= 0.6 is 0 Å². The van der Waals surface area contributed by atoms with Gasteiger partial charge in [0, 0.05) is 18.2 Å². The molecule has 2 rings (SSSR count). The monoisotopic (exact) mass is 333 g/mol. The van der Waals surface area contributed by atoms with Gasteiger partial charge in [-0.15, -0.1) is 0 Å². The highest BCUT2D eigenvalue weighted by Crippen LogP contribution is 2.30. The van der Waals surface area contributed by atoms with Crippen molar-refractivity contribution < 1.29 is 19.0 Å². The standard InChI is InChI=1S/C19H24FNO3/c1-13(11-17(22)14-7-9-16(20)10-8-14)21-12-15-5-4-6-18(23-2)19(15)24-3/h4-10,13,17,21-22H,11-12H2,1-3H3. The van der Waals surface area contributed by atoms with Gasteiger partial charge in [0.1, 0.15) is 5.82 Å². The maximum atomic E-state index is 12.9. The summed E-state index contributed by atoms with van der Waals surface area (Å²) in [7, 11) is 3.22. The molecule has 0 aliphatic rings. The van der Waals surface area contributed by atoms with Crippen LogP contribution in [-0.2, 0) is 6.54 Å². The number of rotatable bonds is 8. The van der Waals surface area contributed by atoms with Crippen LogP contribution in [0.5, 0.6) is 11.5 Å². The molecule has 24 heavy (non-hydrogen) atoms. The number of methoxy groups -OCH3 is 2. The highest BCUT2D eigenvalue weighted by atomic mass is 19.1. The Labute approximate surface area is 142 Å². The number of ether oxygens (including phenoxy) is 2. The van der Waals surface area contributed by atoms with Gasteiger partial charge in [-0.3, -0.25) is 0 Å². The van der Waals surface area contributed by atoms with Crippen molar-refractivity contribution in [3.8, 4) is 11.5 Å². The van der Waals surface area contributed by atoms with Gasteiger partial charge in [-0.05, 0) is 37.1 Å². The van der Waals surface area contributed by atoms with Crippen LogP contribution in [0.25, 0.3) is 0 Å². The Morgan fingerprint density at radius 2 is 1.79 bits per heavy atom. The molecule has 4 nitrogen and oxygen atoms in total. The van der Waals surface area contributed by atoms with Gasteiger partial charge in [-0.1, -0.05) is 24.3 Å². The smallest absolute Gasteiger partial charge is 0.165 e. The third-order valence-corrected chi connectivity index (χ3v) is 3.96. The van der Waals surface area contributed by atoms with Gasteiger partial charge in [-0.2, -0.15) is 0 Å². The van der Waals surface area contributed by atoms with Crippen molar-refractivity contribution >= 4 is 0 Å². The van der Waals surface area contributed by atoms with Crippen LogP contribution in [-0.4, -0.2) is 25.4 Å². The Morgan fingerprint density at radius 1 is 1.08 bits per heavy atom. The summed E-state index contributed by atoms with van der Waals surface area (Å²) in [5.74, 6) is 1.09. The number of hydrogen-bond donors (Lipinski definition) is 2. The van der Waals surface area contributed by atoms with Crippen molar-refractivity contribution in [1.82, 2.24) is 5.32 Å². The molecule has 0 radical (unpaired) electrons. The second-order valence-electron chi connectivity index (χ2n) is 5.74. The number of aliphatic hydroxyl groups excluding tert-OH is 1. The lowest BCUT2D eigenvalue weighted by molar-refractivity contribution is 0.153. The van der Waals surface area contributed by atoms with Crippen LogP contribution in [0, 0.1) is 5.82 Å². The summed E-state index contributed by atoms with van der Waals surface area (Å²) in [6.07, 6.45) is -0.113. The van der Waals surface area contributed by atoms with Crippen molar-refractivity contribution in [2.75, 3.05) is 14.2 Å². The Balaban J connectivity index is 1.93. The zero-order chi connectivity index (χ0) is 17.5. The molecule has 0 fully saturated rings. The molecule has 2 aromatic carbocycles. The van der Waals surface area contributed by atoms with Crippen molar-refractivity contribution in [2.45, 2.75) is 32.0 Å². The Hall–Kier alpha value is -2.11. The van der Waals surface area contributed by atoms with Gasteiger partial charge >= 0.3 is 0 Å². The van der Waals surface area contributed by atoms with E-state index in [-0.39, 0.29) is 11.9 Å². The fourth-order valence-electron chi connectivity index (χ4n) is 2.62. The van der Waals surface area contributed by atoms with E-state index in [1.807, 2.05) is 25.1 Å². The number of nitrogens with one attached hydrogen (secondary N) is 1. The van der Waals surface area contributed by atoms with Crippen molar-refractivity contribution in [3.63, 3.8) is 0 Å². The minimum absolute atomic E-state index is 0.0703. The van der Waals surface area contributed by atoms with Gasteiger partial charge in [-0.25, -0.2) is 4.39 Å². The largest absolute Gasteiger partial charge is 0.493 e. The molecule has 0 heterocycles. The normalized spacial score (nSPS) is 13.4. The van der Waals surface area contributed by atoms with Crippen LogP contribution in [0.2, 0.25) is 0 Å². The van der Waals surface area contributed by atoms with Gasteiger partial charge in [0.25, 0.3) is 0 Å². The molecular weight excluding hydrogens is 309 g/mol. The Bertz CT molecular complexity index is 646. The van der Waals surface area contributed by atoms with E-state index in [9.17, 15) is 9.50 Å². The highest BCUT2D eigenvalue weighted by Gasteiger charge is 2.14. The molecule has 0 saturated heterocycles. The minimum Gasteiger partial charge on any atom is -0.493 e. The first-order chi connectivity index (χ1) is 11.5. The van der Waals surface area contributed by atoms with Crippen molar-refractivity contribution in [2.24, 2.45) is 0 Å². The molecule has 5 heteroatoms. The summed E-state index contributed by atoms with van der Waals surface area (Å²) in [4.78, 5) is 0. The van der Waals surface area contributed by atoms with E-state index in [0.717, 1.165) is 5.56 Å². The van der Waals surface area contributed by atoms with Crippen LogP contribution in [0.15, 0.2) is 42.5 Å². The lowest BCUT2D eigenvalue weighted by atomic mass is 10.0. The lowest BCUT2D eigenvalue weighted by Crippen LogP contribution is -2.27. The molecule has 130 valence electrons. The molecule has 0 bridgehead atoms. The average molecular weight is 333 g/mol. The van der Waals surface area contributed by atoms with Crippen LogP contribution < -0.4 is 14.8 Å². The molecular formula is C19H24FNO3. The van der Waals surface area contributed by atoms with E-state index in [4.69, 9.17) is 9.47 Å². The van der Waals surface area contributed by atoms with E-state index in [2.05, 4.69) is 5.32 Å². The van der Waals surface area contributed by atoms with E-state index in [1.165, 1.54) is 12.1 Å². The van der Waals surface area contributed by atoms with Crippen LogP contribution in [0.3, 0.4) is 0 Å². The number of benzene rings is 2. The zero-order valence-corrected chi connectivity index (χ0v) is 14.3. The van der Waals surface area contributed by atoms with Gasteiger partial charge < -0.3 is 19.9 Å². The lowest BCUT2D eigenvalue weighted by Gasteiger charge is -2.19. The predicted octanol–water partition coefficient (Wildman–Crippen LogP) is 3.44. The van der Waals surface area contributed by atoms with E-state index >= 15 is 0 Å². The SMILES string of the molecule is COc1cccc(CNC(C)CC(O)c2ccc(F)cc2)c1OC. The van der Waals surface area contributed by atoms with Crippen molar-refractivity contribution in [3.05, 3.63) is 59.4 Å². The fraction of sp³-hybridized carbons (Fsp3) is 0.368. The Kier molecular flexibility index (Phi) is 6.58. The molecule has 2 atom stereocenters. The number of hydrogen-bond acceptors (Lipinski definition) is 4. The number of aliphatic hydroxyl groups is 1. The van der Waals surface area contributed by atoms with E-state index < -0.39 is 6.10 Å². The van der Waals surface area contributed by atoms with Crippen LogP contribution in [0.4, 0.5) is 4.39 Å². The minimum atomic E-state index is -0.639. The summed E-state index contributed by atoms with van der Waals surface area (Å²) >= 11 is 0. The maximum absolute atomic E-state index is 12.9. The third kappa shape index (κ3) is 4.69. The van der Waals surface area contributed by atoms with E-state index in [0.29, 0.717) is 30.0 Å². The molecule has 2 unspecified atom stereocenters. The zero-order valence-electron chi connectivity index (χ0n) is 14.3. The topological polar surface area (TPSA) is 50.7 Å². The Morgan fingerprint density at radius 3 is 2.42 bits per heavy atom. The van der Waals surface area contributed by atoms with Crippen molar-refractivity contribution in [1.29, 1.82) is 0 Å². The summed E-state index contributed by atoms with van der Waals surface area (Å²) in [6.45, 7) is 2.59. The molecule has 0 aliphatic heterocycles. The summed E-state index contributed by atoms with van der Waals surface area (Å²) in [5, 5.41) is 13.6. The molecule has 2 aromatic rings. The first-order valence-corrected chi connectivity index (χ1v) is 7.92. The van der Waals surface area contributed by atoms with Crippen LogP contribution in [0.1, 0.15) is 30.6 Å². The second-order valence-corrected chi connectivity index (χ2v) is 5.74. The third-order valence-electron chi connectivity index (χ3n) is 3.96. The highest BCUT2D eigenvalue weighted by molar-refractivity contribution is 5.46. The summed E-state index contributed by atoms with van der Waals surface area (Å²) in [6, 6.07) is 11.7. The van der Waals surface area contributed by atoms with Gasteiger partial charge in [0.05, 0.1) is 20.3 Å². The summed E-state index contributed by atoms with van der Waals surface area (Å²) in [5.41, 5.74) is 1.70. The van der Waals surface area contributed by atoms with E-state index in [1.54, 1.807) is 26.4 Å². The van der Waals surface area contributed by atoms with Gasteiger partial charge in [0.15, 0.2) is 11.5 Å². The first kappa shape index (κ1) is 18.2. The average Bonchev–Trinajstić information content (AvgIpc) is 2.59.